The lowest BCUT2D eigenvalue weighted by atomic mass is 10.2. The van der Waals surface area contributed by atoms with E-state index in [0.29, 0.717) is 25.6 Å². The van der Waals surface area contributed by atoms with E-state index in [2.05, 4.69) is 10.6 Å². The van der Waals surface area contributed by atoms with Crippen LogP contribution in [0.1, 0.15) is 30.1 Å². The van der Waals surface area contributed by atoms with Crippen LogP contribution in [0.3, 0.4) is 0 Å². The summed E-state index contributed by atoms with van der Waals surface area (Å²) in [5, 5.41) is 5.22. The molecular formula is C15H22ClF2N3O2. The van der Waals surface area contributed by atoms with Crippen LogP contribution in [0.4, 0.5) is 8.78 Å². The Morgan fingerprint density at radius 1 is 1.26 bits per heavy atom. The molecule has 0 saturated carbocycles. The molecule has 23 heavy (non-hydrogen) atoms. The number of amides is 2. The van der Waals surface area contributed by atoms with Crippen molar-refractivity contribution in [3.05, 3.63) is 35.4 Å². The third kappa shape index (κ3) is 7.90. The normalized spacial score (nSPS) is 11.3. The third-order valence-electron chi connectivity index (χ3n) is 3.09. The zero-order valence-electron chi connectivity index (χ0n) is 12.9. The van der Waals surface area contributed by atoms with E-state index in [-0.39, 0.29) is 42.8 Å². The predicted octanol–water partition coefficient (Wildman–Crippen LogP) is 1.61. The van der Waals surface area contributed by atoms with Gasteiger partial charge in [-0.05, 0) is 31.0 Å². The van der Waals surface area contributed by atoms with E-state index < -0.39 is 17.5 Å². The fourth-order valence-corrected chi connectivity index (χ4v) is 1.68. The highest BCUT2D eigenvalue weighted by Crippen LogP contribution is 2.09. The molecule has 0 radical (unpaired) electrons. The van der Waals surface area contributed by atoms with Gasteiger partial charge in [0, 0.05) is 25.6 Å². The van der Waals surface area contributed by atoms with E-state index in [1.54, 1.807) is 0 Å². The lowest BCUT2D eigenvalue weighted by molar-refractivity contribution is -0.121. The topological polar surface area (TPSA) is 84.2 Å². The van der Waals surface area contributed by atoms with Gasteiger partial charge in [0.05, 0.1) is 5.56 Å². The van der Waals surface area contributed by atoms with Crippen molar-refractivity contribution in [2.75, 3.05) is 19.6 Å². The average Bonchev–Trinajstić information content (AvgIpc) is 2.48. The smallest absolute Gasteiger partial charge is 0.254 e. The Balaban J connectivity index is 0.00000484. The number of carbonyl (C=O) groups excluding carboxylic acids is 2. The summed E-state index contributed by atoms with van der Waals surface area (Å²) in [7, 11) is 0. The number of hydrogen-bond donors (Lipinski definition) is 3. The van der Waals surface area contributed by atoms with E-state index in [1.165, 1.54) is 0 Å². The van der Waals surface area contributed by atoms with E-state index in [9.17, 15) is 18.4 Å². The maximum absolute atomic E-state index is 13.4. The second-order valence-electron chi connectivity index (χ2n) is 5.13. The molecule has 1 aromatic carbocycles. The standard InChI is InChI=1S/C15H21F2N3O2.ClH/c1-10(8-18)9-20-14(21)3-2-6-19-15(22)12-5-4-11(16)7-13(12)17;/h4-5,7,10H,2-3,6,8-9,18H2,1H3,(H,19,22)(H,20,21);1H. The minimum Gasteiger partial charge on any atom is -0.356 e. The number of nitrogens with one attached hydrogen (secondary N) is 2. The van der Waals surface area contributed by atoms with Gasteiger partial charge < -0.3 is 16.4 Å². The first-order valence-electron chi connectivity index (χ1n) is 7.14. The Bertz CT molecular complexity index is 529. The van der Waals surface area contributed by atoms with Crippen molar-refractivity contribution in [1.29, 1.82) is 0 Å². The summed E-state index contributed by atoms with van der Waals surface area (Å²) in [4.78, 5) is 23.2. The van der Waals surface area contributed by atoms with Crippen LogP contribution < -0.4 is 16.4 Å². The van der Waals surface area contributed by atoms with Crippen LogP contribution in [-0.2, 0) is 4.79 Å². The summed E-state index contributed by atoms with van der Waals surface area (Å²) >= 11 is 0. The van der Waals surface area contributed by atoms with E-state index in [0.717, 1.165) is 12.1 Å². The quantitative estimate of drug-likeness (QED) is 0.623. The van der Waals surface area contributed by atoms with Crippen molar-refractivity contribution in [2.45, 2.75) is 19.8 Å². The van der Waals surface area contributed by atoms with Gasteiger partial charge >= 0.3 is 0 Å². The average molecular weight is 350 g/mol. The largest absolute Gasteiger partial charge is 0.356 e. The maximum atomic E-state index is 13.4. The SMILES string of the molecule is CC(CN)CNC(=O)CCCNC(=O)c1ccc(F)cc1F.Cl. The van der Waals surface area contributed by atoms with Crippen molar-refractivity contribution in [3.63, 3.8) is 0 Å². The van der Waals surface area contributed by atoms with Crippen molar-refractivity contribution in [1.82, 2.24) is 10.6 Å². The predicted molar refractivity (Wildman–Crippen MR) is 86.4 cm³/mol. The van der Waals surface area contributed by atoms with Crippen LogP contribution in [0, 0.1) is 17.6 Å². The van der Waals surface area contributed by atoms with Gasteiger partial charge in [0.25, 0.3) is 5.91 Å². The van der Waals surface area contributed by atoms with Gasteiger partial charge in [0.2, 0.25) is 5.91 Å². The lowest BCUT2D eigenvalue weighted by Crippen LogP contribution is -2.32. The van der Waals surface area contributed by atoms with Gasteiger partial charge in [-0.15, -0.1) is 12.4 Å². The molecule has 0 saturated heterocycles. The first kappa shape index (κ1) is 21.3. The molecule has 0 spiro atoms. The highest BCUT2D eigenvalue weighted by molar-refractivity contribution is 5.94. The molecule has 0 aliphatic heterocycles. The highest BCUT2D eigenvalue weighted by Gasteiger charge is 2.12. The minimum atomic E-state index is -0.911. The zero-order valence-corrected chi connectivity index (χ0v) is 13.7. The zero-order chi connectivity index (χ0) is 16.5. The number of carbonyl (C=O) groups is 2. The Morgan fingerprint density at radius 3 is 2.57 bits per heavy atom. The molecule has 0 bridgehead atoms. The van der Waals surface area contributed by atoms with Crippen LogP contribution >= 0.6 is 12.4 Å². The van der Waals surface area contributed by atoms with Crippen molar-refractivity contribution < 1.29 is 18.4 Å². The molecule has 0 aliphatic carbocycles. The van der Waals surface area contributed by atoms with Crippen LogP contribution in [0.5, 0.6) is 0 Å². The number of benzene rings is 1. The van der Waals surface area contributed by atoms with Crippen molar-refractivity contribution in [3.8, 4) is 0 Å². The molecule has 0 heterocycles. The summed E-state index contributed by atoms with van der Waals surface area (Å²) in [5.74, 6) is -2.19. The molecule has 2 amide bonds. The third-order valence-corrected chi connectivity index (χ3v) is 3.09. The molecule has 8 heteroatoms. The summed E-state index contributed by atoms with van der Waals surface area (Å²) in [5.41, 5.74) is 5.22. The molecule has 1 unspecified atom stereocenters. The van der Waals surface area contributed by atoms with Gasteiger partial charge in [-0.25, -0.2) is 8.78 Å². The maximum Gasteiger partial charge on any atom is 0.254 e. The number of nitrogens with two attached hydrogens (primary N) is 1. The van der Waals surface area contributed by atoms with Crippen LogP contribution in [0.2, 0.25) is 0 Å². The Labute approximate surface area is 140 Å². The Hall–Kier alpha value is -1.73. The molecular weight excluding hydrogens is 328 g/mol. The van der Waals surface area contributed by atoms with Gasteiger partial charge in [-0.1, -0.05) is 6.92 Å². The Kier molecular flexibility index (Phi) is 10.1. The van der Waals surface area contributed by atoms with Crippen LogP contribution in [0.25, 0.3) is 0 Å². The van der Waals surface area contributed by atoms with Gasteiger partial charge in [-0.3, -0.25) is 9.59 Å². The monoisotopic (exact) mass is 349 g/mol. The summed E-state index contributed by atoms with van der Waals surface area (Å²) in [6.45, 7) is 3.18. The first-order chi connectivity index (χ1) is 10.4. The fourth-order valence-electron chi connectivity index (χ4n) is 1.68. The molecule has 1 rings (SSSR count). The molecule has 5 nitrogen and oxygen atoms in total. The lowest BCUT2D eigenvalue weighted by Gasteiger charge is -2.10. The molecule has 0 aromatic heterocycles. The summed E-state index contributed by atoms with van der Waals surface area (Å²) < 4.78 is 26.1. The summed E-state index contributed by atoms with van der Waals surface area (Å²) in [6.07, 6.45) is 0.681. The summed E-state index contributed by atoms with van der Waals surface area (Å²) in [6, 6.07) is 2.76. The van der Waals surface area contributed by atoms with E-state index in [1.807, 2.05) is 6.92 Å². The van der Waals surface area contributed by atoms with Gasteiger partial charge in [0.1, 0.15) is 11.6 Å². The minimum absolute atomic E-state index is 0. The molecule has 4 N–H and O–H groups in total. The van der Waals surface area contributed by atoms with Crippen molar-refractivity contribution in [2.24, 2.45) is 11.7 Å². The Morgan fingerprint density at radius 2 is 1.96 bits per heavy atom. The van der Waals surface area contributed by atoms with Gasteiger partial charge in [0.15, 0.2) is 0 Å². The molecule has 130 valence electrons. The molecule has 0 aliphatic rings. The molecule has 0 fully saturated rings. The number of halogens is 3. The second-order valence-corrected chi connectivity index (χ2v) is 5.13. The second kappa shape index (κ2) is 10.9. The van der Waals surface area contributed by atoms with E-state index in [4.69, 9.17) is 5.73 Å². The number of hydrogen-bond acceptors (Lipinski definition) is 3. The fraction of sp³-hybridized carbons (Fsp3) is 0.467. The van der Waals surface area contributed by atoms with Crippen molar-refractivity contribution >= 4 is 24.2 Å². The van der Waals surface area contributed by atoms with Crippen LogP contribution in [-0.4, -0.2) is 31.4 Å². The van der Waals surface area contributed by atoms with E-state index >= 15 is 0 Å². The van der Waals surface area contributed by atoms with Crippen LogP contribution in [0.15, 0.2) is 18.2 Å². The number of rotatable bonds is 8. The molecule has 1 atom stereocenters. The molecule has 1 aromatic rings. The van der Waals surface area contributed by atoms with Gasteiger partial charge in [-0.2, -0.15) is 0 Å². The highest BCUT2D eigenvalue weighted by atomic mass is 35.5. The first-order valence-corrected chi connectivity index (χ1v) is 7.14.